The smallest absolute Gasteiger partial charge is 0.399 e. The van der Waals surface area contributed by atoms with E-state index in [2.05, 4.69) is 9.97 Å². The summed E-state index contributed by atoms with van der Waals surface area (Å²) in [6.45, 7) is 0.821. The van der Waals surface area contributed by atoms with E-state index in [9.17, 15) is 18.0 Å². The molecular weight excluding hydrogens is 459 g/mol. The Morgan fingerprint density at radius 1 is 1.09 bits per heavy atom. The number of carbonyl (C=O) groups excluding carboxylic acids is 1. The minimum Gasteiger partial charge on any atom is -0.399 e. The van der Waals surface area contributed by atoms with E-state index in [1.165, 1.54) is 18.5 Å². The summed E-state index contributed by atoms with van der Waals surface area (Å²) in [4.78, 5) is 23.0. The number of hydrogen-bond donors (Lipinski definition) is 2. The van der Waals surface area contributed by atoms with Gasteiger partial charge in [0.25, 0.3) is 0 Å². The van der Waals surface area contributed by atoms with Crippen LogP contribution in [-0.2, 0) is 17.4 Å². The van der Waals surface area contributed by atoms with E-state index in [-0.39, 0.29) is 18.4 Å². The van der Waals surface area contributed by atoms with Crippen molar-refractivity contribution < 1.29 is 18.0 Å². The normalized spacial score (nSPS) is 16.2. The summed E-state index contributed by atoms with van der Waals surface area (Å²) in [5.41, 5.74) is 14.1. The van der Waals surface area contributed by atoms with Gasteiger partial charge in [-0.25, -0.2) is 14.6 Å². The average molecular weight is 481 g/mol. The number of amides is 1. The first kappa shape index (κ1) is 22.6. The van der Waals surface area contributed by atoms with Gasteiger partial charge in [0.2, 0.25) is 5.91 Å². The first-order valence-electron chi connectivity index (χ1n) is 11.0. The number of halogens is 3. The van der Waals surface area contributed by atoms with Crippen molar-refractivity contribution >= 4 is 28.4 Å². The molecule has 0 spiro atoms. The van der Waals surface area contributed by atoms with Crippen molar-refractivity contribution in [2.24, 2.45) is 0 Å². The molecule has 8 nitrogen and oxygen atoms in total. The maximum absolute atomic E-state index is 13.0. The largest absolute Gasteiger partial charge is 0.416 e. The molecule has 5 rings (SSSR count). The highest BCUT2D eigenvalue weighted by molar-refractivity contribution is 5.98. The van der Waals surface area contributed by atoms with Crippen molar-refractivity contribution in [3.63, 3.8) is 0 Å². The molecule has 3 heterocycles. The second-order valence-electron chi connectivity index (χ2n) is 8.53. The number of aromatic nitrogens is 4. The number of nitrogen functional groups attached to an aromatic ring is 2. The number of hydrogen-bond acceptors (Lipinski definition) is 6. The van der Waals surface area contributed by atoms with Crippen LogP contribution in [0, 0.1) is 0 Å². The quantitative estimate of drug-likeness (QED) is 0.430. The number of benzene rings is 2. The molecule has 11 heteroatoms. The van der Waals surface area contributed by atoms with Crippen molar-refractivity contribution in [3.05, 3.63) is 66.0 Å². The second kappa shape index (κ2) is 8.57. The Labute approximate surface area is 198 Å². The Hall–Kier alpha value is -4.15. The Balaban J connectivity index is 1.39. The molecule has 0 unspecified atom stereocenters. The highest BCUT2D eigenvalue weighted by Gasteiger charge is 2.32. The molecule has 1 atom stereocenters. The van der Waals surface area contributed by atoms with E-state index < -0.39 is 11.7 Å². The number of anilines is 2. The van der Waals surface area contributed by atoms with Crippen LogP contribution < -0.4 is 11.5 Å². The van der Waals surface area contributed by atoms with E-state index in [1.54, 1.807) is 21.7 Å². The molecule has 0 saturated carbocycles. The highest BCUT2D eigenvalue weighted by atomic mass is 19.4. The van der Waals surface area contributed by atoms with Crippen LogP contribution >= 0.6 is 0 Å². The van der Waals surface area contributed by atoms with Crippen LogP contribution in [0.25, 0.3) is 22.3 Å². The zero-order valence-electron chi connectivity index (χ0n) is 18.5. The van der Waals surface area contributed by atoms with E-state index >= 15 is 0 Å². The van der Waals surface area contributed by atoms with E-state index in [0.717, 1.165) is 17.7 Å². The highest BCUT2D eigenvalue weighted by Crippen LogP contribution is 2.34. The lowest BCUT2D eigenvalue weighted by Gasteiger charge is -2.17. The zero-order chi connectivity index (χ0) is 24.7. The summed E-state index contributed by atoms with van der Waals surface area (Å²) < 4.78 is 40.8. The number of rotatable bonds is 4. The first-order valence-corrected chi connectivity index (χ1v) is 11.0. The predicted molar refractivity (Wildman–Crippen MR) is 125 cm³/mol. The Kier molecular flexibility index (Phi) is 5.54. The molecule has 1 saturated heterocycles. The van der Waals surface area contributed by atoms with Gasteiger partial charge in [-0.1, -0.05) is 30.3 Å². The molecular formula is C24H22F3N7O. The van der Waals surface area contributed by atoms with Gasteiger partial charge < -0.3 is 16.4 Å². The molecule has 1 aliphatic heterocycles. The Morgan fingerprint density at radius 3 is 2.60 bits per heavy atom. The Bertz CT molecular complexity index is 1400. The first-order chi connectivity index (χ1) is 16.7. The molecule has 4 N–H and O–H groups in total. The molecule has 180 valence electrons. The van der Waals surface area contributed by atoms with Crippen LogP contribution in [0.4, 0.5) is 24.7 Å². The summed E-state index contributed by atoms with van der Waals surface area (Å²) in [5, 5.41) is 5.40. The van der Waals surface area contributed by atoms with Crippen LogP contribution in [0.2, 0.25) is 0 Å². The summed E-state index contributed by atoms with van der Waals surface area (Å²) in [6, 6.07) is 11.9. The van der Waals surface area contributed by atoms with Gasteiger partial charge in [0.1, 0.15) is 17.8 Å². The number of alkyl halides is 3. The molecule has 1 amide bonds. The summed E-state index contributed by atoms with van der Waals surface area (Å²) in [5.74, 6) is 0.0553. The fraction of sp³-hybridized carbons (Fsp3) is 0.250. The van der Waals surface area contributed by atoms with E-state index in [0.29, 0.717) is 53.3 Å². The molecule has 0 aliphatic carbocycles. The minimum absolute atomic E-state index is 0.109. The maximum atomic E-state index is 13.0. The van der Waals surface area contributed by atoms with E-state index in [4.69, 9.17) is 16.6 Å². The predicted octanol–water partition coefficient (Wildman–Crippen LogP) is 3.69. The van der Waals surface area contributed by atoms with Gasteiger partial charge in [-0.2, -0.15) is 18.3 Å². The topological polar surface area (TPSA) is 116 Å². The van der Waals surface area contributed by atoms with Gasteiger partial charge >= 0.3 is 6.18 Å². The van der Waals surface area contributed by atoms with Gasteiger partial charge in [-0.3, -0.25) is 4.79 Å². The van der Waals surface area contributed by atoms with Crippen molar-refractivity contribution in [1.29, 1.82) is 0 Å². The fourth-order valence-corrected chi connectivity index (χ4v) is 4.41. The van der Waals surface area contributed by atoms with Crippen molar-refractivity contribution in [2.75, 3.05) is 24.6 Å². The molecule has 2 aromatic carbocycles. The summed E-state index contributed by atoms with van der Waals surface area (Å²) in [7, 11) is 0. The van der Waals surface area contributed by atoms with Crippen LogP contribution in [-0.4, -0.2) is 43.6 Å². The second-order valence-corrected chi connectivity index (χ2v) is 8.53. The molecule has 35 heavy (non-hydrogen) atoms. The van der Waals surface area contributed by atoms with Crippen LogP contribution in [0.3, 0.4) is 0 Å². The van der Waals surface area contributed by atoms with Crippen LogP contribution in [0.1, 0.15) is 23.6 Å². The average Bonchev–Trinajstić information content (AvgIpc) is 3.45. The standard InChI is InChI=1S/C24H22F3N7O/c25-24(26,27)16-3-1-2-14(10-16)11-19(35)33-9-8-18(12-33)34-23-20(22(29)30-13-31-23)21(32-34)15-4-6-17(28)7-5-15/h1-7,10,13,18H,8-9,11-12,28H2,(H2,29,30,31)/t18-/m1/s1. The molecule has 4 aromatic rings. The van der Waals surface area contributed by atoms with Gasteiger partial charge in [0.15, 0.2) is 5.65 Å². The lowest BCUT2D eigenvalue weighted by atomic mass is 10.1. The molecule has 0 bridgehead atoms. The lowest BCUT2D eigenvalue weighted by molar-refractivity contribution is -0.138. The summed E-state index contributed by atoms with van der Waals surface area (Å²) in [6.07, 6.45) is -2.57. The molecule has 1 aliphatic rings. The van der Waals surface area contributed by atoms with Gasteiger partial charge in [-0.05, 0) is 30.2 Å². The third-order valence-electron chi connectivity index (χ3n) is 6.17. The maximum Gasteiger partial charge on any atom is 0.416 e. The number of nitrogens with two attached hydrogens (primary N) is 2. The molecule has 2 aromatic heterocycles. The SMILES string of the molecule is Nc1ccc(-c2nn([C@@H]3CCN(C(=O)Cc4cccc(C(F)(F)F)c4)C3)c3ncnc(N)c23)cc1. The zero-order valence-corrected chi connectivity index (χ0v) is 18.5. The molecule has 1 fully saturated rings. The monoisotopic (exact) mass is 481 g/mol. The number of fused-ring (bicyclic) bond motifs is 1. The van der Waals surface area contributed by atoms with Crippen molar-refractivity contribution in [2.45, 2.75) is 25.1 Å². The number of carbonyl (C=O) groups is 1. The van der Waals surface area contributed by atoms with E-state index in [1.807, 2.05) is 12.1 Å². The molecule has 0 radical (unpaired) electrons. The fourth-order valence-electron chi connectivity index (χ4n) is 4.41. The summed E-state index contributed by atoms with van der Waals surface area (Å²) >= 11 is 0. The minimum atomic E-state index is -4.45. The van der Waals surface area contributed by atoms with Gasteiger partial charge in [0, 0.05) is 24.3 Å². The Morgan fingerprint density at radius 2 is 1.86 bits per heavy atom. The van der Waals surface area contributed by atoms with Crippen molar-refractivity contribution in [1.82, 2.24) is 24.6 Å². The lowest BCUT2D eigenvalue weighted by Crippen LogP contribution is -2.30. The number of nitrogens with zero attached hydrogens (tertiary/aromatic N) is 5. The van der Waals surface area contributed by atoms with Gasteiger partial charge in [0.05, 0.1) is 23.4 Å². The third kappa shape index (κ3) is 4.36. The number of likely N-dealkylation sites (tertiary alicyclic amines) is 1. The van der Waals surface area contributed by atoms with Crippen molar-refractivity contribution in [3.8, 4) is 11.3 Å². The third-order valence-corrected chi connectivity index (χ3v) is 6.17. The van der Waals surface area contributed by atoms with Crippen LogP contribution in [0.5, 0.6) is 0 Å². The van der Waals surface area contributed by atoms with Crippen LogP contribution in [0.15, 0.2) is 54.9 Å². The van der Waals surface area contributed by atoms with Gasteiger partial charge in [-0.15, -0.1) is 0 Å².